The van der Waals surface area contributed by atoms with Gasteiger partial charge in [0.2, 0.25) is 5.69 Å². The molecule has 0 aromatic carbocycles. The topological polar surface area (TPSA) is 77.2 Å². The average molecular weight is 293 g/mol. The summed E-state index contributed by atoms with van der Waals surface area (Å²) >= 11 is 0. The summed E-state index contributed by atoms with van der Waals surface area (Å²) < 4.78 is 75.8. The van der Waals surface area contributed by atoms with E-state index in [-0.39, 0.29) is 4.68 Å². The van der Waals surface area contributed by atoms with Crippen molar-refractivity contribution in [3.63, 3.8) is 0 Å². The van der Waals surface area contributed by atoms with Gasteiger partial charge in [-0.2, -0.15) is 13.2 Å². The lowest BCUT2D eigenvalue weighted by Gasteiger charge is -2.11. The molecule has 0 bridgehead atoms. The summed E-state index contributed by atoms with van der Waals surface area (Å²) in [4.78, 5) is 10.5. The average Bonchev–Trinajstić information content (AvgIpc) is 2.58. The van der Waals surface area contributed by atoms with Crippen molar-refractivity contribution in [1.29, 1.82) is 0 Å². The minimum atomic E-state index is -5.12. The summed E-state index contributed by atoms with van der Waals surface area (Å²) in [6.07, 6.45) is -10.1. The van der Waals surface area contributed by atoms with Crippen LogP contribution in [0.25, 0.3) is 0 Å². The fourth-order valence-electron chi connectivity index (χ4n) is 1.14. The zero-order valence-corrected chi connectivity index (χ0v) is 8.79. The number of aromatic nitrogens is 3. The van der Waals surface area contributed by atoms with Crippen LogP contribution < -0.4 is 0 Å². The number of aromatic carboxylic acids is 1. The number of alkyl halides is 6. The summed E-state index contributed by atoms with van der Waals surface area (Å²) in [6.45, 7) is -2.11. The van der Waals surface area contributed by atoms with Crippen molar-refractivity contribution in [3.05, 3.63) is 11.4 Å². The van der Waals surface area contributed by atoms with Crippen molar-refractivity contribution in [2.45, 2.75) is 19.1 Å². The number of rotatable bonds is 4. The molecule has 19 heavy (non-hydrogen) atoms. The maximum atomic E-state index is 12.5. The summed E-state index contributed by atoms with van der Waals surface area (Å²) in [7, 11) is 0. The second kappa shape index (κ2) is 5.03. The third kappa shape index (κ3) is 4.08. The molecule has 0 aliphatic heterocycles. The maximum absolute atomic E-state index is 12.5. The molecule has 0 aliphatic rings. The molecule has 0 amide bonds. The normalized spacial score (nSPS) is 12.7. The van der Waals surface area contributed by atoms with E-state index in [4.69, 9.17) is 5.11 Å². The standard InChI is InChI=1S/C7H5F6N3O3/c8-6(9,10)4-3(5(17)18)14-15-16(4)1-2-19-7(11,12)13/h1-2H2,(H,17,18). The molecule has 0 unspecified atom stereocenters. The van der Waals surface area contributed by atoms with Gasteiger partial charge in [-0.3, -0.25) is 4.74 Å². The van der Waals surface area contributed by atoms with Gasteiger partial charge in [-0.05, 0) is 0 Å². The van der Waals surface area contributed by atoms with Gasteiger partial charge in [0.15, 0.2) is 5.69 Å². The van der Waals surface area contributed by atoms with Crippen molar-refractivity contribution in [3.8, 4) is 0 Å². The number of carboxylic acids is 1. The largest absolute Gasteiger partial charge is 0.522 e. The first-order chi connectivity index (χ1) is 8.52. The Morgan fingerprint density at radius 1 is 1.26 bits per heavy atom. The van der Waals surface area contributed by atoms with Gasteiger partial charge in [0.25, 0.3) is 0 Å². The Labute approximate surface area is 100 Å². The van der Waals surface area contributed by atoms with E-state index in [0.717, 1.165) is 0 Å². The van der Waals surface area contributed by atoms with Gasteiger partial charge >= 0.3 is 18.5 Å². The molecule has 0 atom stereocenters. The van der Waals surface area contributed by atoms with E-state index < -0.39 is 43.0 Å². The van der Waals surface area contributed by atoms with Crippen LogP contribution in [0.5, 0.6) is 0 Å². The van der Waals surface area contributed by atoms with E-state index in [1.165, 1.54) is 0 Å². The first-order valence-corrected chi connectivity index (χ1v) is 4.47. The number of halogens is 6. The highest BCUT2D eigenvalue weighted by atomic mass is 19.4. The minimum Gasteiger partial charge on any atom is -0.476 e. The van der Waals surface area contributed by atoms with Gasteiger partial charge in [-0.25, -0.2) is 9.48 Å². The van der Waals surface area contributed by atoms with Crippen LogP contribution in [0.1, 0.15) is 16.2 Å². The number of carboxylic acid groups (broad SMARTS) is 1. The molecule has 12 heteroatoms. The van der Waals surface area contributed by atoms with E-state index in [2.05, 4.69) is 15.0 Å². The summed E-state index contributed by atoms with van der Waals surface area (Å²) in [6, 6.07) is 0. The quantitative estimate of drug-likeness (QED) is 0.852. The monoisotopic (exact) mass is 293 g/mol. The summed E-state index contributed by atoms with van der Waals surface area (Å²) in [5.41, 5.74) is -3.13. The number of carbonyl (C=O) groups is 1. The Bertz CT molecular complexity index is 466. The van der Waals surface area contributed by atoms with Crippen LogP contribution in [-0.4, -0.2) is 39.0 Å². The maximum Gasteiger partial charge on any atom is 0.522 e. The third-order valence-electron chi connectivity index (χ3n) is 1.78. The van der Waals surface area contributed by atoms with Crippen LogP contribution in [0.4, 0.5) is 26.3 Å². The van der Waals surface area contributed by atoms with Crippen molar-refractivity contribution < 1.29 is 41.0 Å². The number of hydrogen-bond donors (Lipinski definition) is 1. The van der Waals surface area contributed by atoms with E-state index in [0.29, 0.717) is 0 Å². The predicted molar refractivity (Wildman–Crippen MR) is 44.0 cm³/mol. The minimum absolute atomic E-state index is 0.00477. The second-order valence-corrected chi connectivity index (χ2v) is 3.11. The van der Waals surface area contributed by atoms with Crippen molar-refractivity contribution >= 4 is 5.97 Å². The molecule has 0 radical (unpaired) electrons. The van der Waals surface area contributed by atoms with Gasteiger partial charge in [0.1, 0.15) is 0 Å². The molecule has 0 fully saturated rings. The van der Waals surface area contributed by atoms with Gasteiger partial charge < -0.3 is 5.11 Å². The van der Waals surface area contributed by atoms with Crippen LogP contribution in [0.2, 0.25) is 0 Å². The molecular formula is C7H5F6N3O3. The van der Waals surface area contributed by atoms with Crippen LogP contribution in [0.15, 0.2) is 0 Å². The lowest BCUT2D eigenvalue weighted by atomic mass is 10.3. The number of ether oxygens (including phenoxy) is 1. The van der Waals surface area contributed by atoms with Crippen molar-refractivity contribution in [2.24, 2.45) is 0 Å². The molecular weight excluding hydrogens is 288 g/mol. The second-order valence-electron chi connectivity index (χ2n) is 3.11. The van der Waals surface area contributed by atoms with Gasteiger partial charge in [0, 0.05) is 0 Å². The van der Waals surface area contributed by atoms with E-state index in [1.807, 2.05) is 0 Å². The predicted octanol–water partition coefficient (Wildman–Crippen LogP) is 1.53. The Balaban J connectivity index is 2.93. The van der Waals surface area contributed by atoms with Crippen LogP contribution >= 0.6 is 0 Å². The fraction of sp³-hybridized carbons (Fsp3) is 0.571. The summed E-state index contributed by atoms with van der Waals surface area (Å²) in [5, 5.41) is 14.1. The lowest BCUT2D eigenvalue weighted by molar-refractivity contribution is -0.325. The fourth-order valence-corrected chi connectivity index (χ4v) is 1.14. The molecule has 1 heterocycles. The van der Waals surface area contributed by atoms with Crippen molar-refractivity contribution in [2.75, 3.05) is 6.61 Å². The van der Waals surface area contributed by atoms with Gasteiger partial charge in [0.05, 0.1) is 13.2 Å². The molecule has 1 rings (SSSR count). The highest BCUT2D eigenvalue weighted by molar-refractivity contribution is 5.86. The van der Waals surface area contributed by atoms with Crippen LogP contribution in [-0.2, 0) is 17.5 Å². The number of nitrogens with zero attached hydrogens (tertiary/aromatic N) is 3. The molecule has 1 aromatic heterocycles. The zero-order chi connectivity index (χ0) is 14.8. The molecule has 0 saturated carbocycles. The Hall–Kier alpha value is -1.85. The molecule has 0 spiro atoms. The lowest BCUT2D eigenvalue weighted by Crippen LogP contribution is -2.22. The smallest absolute Gasteiger partial charge is 0.476 e. The molecule has 1 aromatic rings. The van der Waals surface area contributed by atoms with E-state index in [1.54, 1.807) is 0 Å². The third-order valence-corrected chi connectivity index (χ3v) is 1.78. The van der Waals surface area contributed by atoms with E-state index in [9.17, 15) is 31.1 Å². The first-order valence-electron chi connectivity index (χ1n) is 4.47. The highest BCUT2D eigenvalue weighted by Gasteiger charge is 2.41. The molecule has 1 N–H and O–H groups in total. The van der Waals surface area contributed by atoms with Crippen LogP contribution in [0.3, 0.4) is 0 Å². The molecule has 0 aliphatic carbocycles. The SMILES string of the molecule is O=C(O)c1nnn(CCOC(F)(F)F)c1C(F)(F)F. The van der Waals surface area contributed by atoms with Crippen molar-refractivity contribution in [1.82, 2.24) is 15.0 Å². The highest BCUT2D eigenvalue weighted by Crippen LogP contribution is 2.31. The molecule has 6 nitrogen and oxygen atoms in total. The van der Waals surface area contributed by atoms with E-state index >= 15 is 0 Å². The Morgan fingerprint density at radius 3 is 2.26 bits per heavy atom. The summed E-state index contributed by atoms with van der Waals surface area (Å²) in [5.74, 6) is -1.99. The first kappa shape index (κ1) is 15.2. The Kier molecular flexibility index (Phi) is 4.03. The number of hydrogen-bond acceptors (Lipinski definition) is 4. The van der Waals surface area contributed by atoms with Crippen LogP contribution in [0, 0.1) is 0 Å². The van der Waals surface area contributed by atoms with Gasteiger partial charge in [-0.1, -0.05) is 5.21 Å². The van der Waals surface area contributed by atoms with Gasteiger partial charge in [-0.15, -0.1) is 18.3 Å². The Morgan fingerprint density at radius 2 is 1.84 bits per heavy atom. The molecule has 108 valence electrons. The zero-order valence-electron chi connectivity index (χ0n) is 8.79. The molecule has 0 saturated heterocycles.